The Kier molecular flexibility index (Phi) is 8.02. The van der Waals surface area contributed by atoms with Crippen molar-refractivity contribution in [3.8, 4) is 0 Å². The number of aliphatic hydroxyl groups excluding tert-OH is 1. The molecule has 0 amide bonds. The number of ether oxygens (including phenoxy) is 2. The van der Waals surface area contributed by atoms with Crippen LogP contribution in [-0.4, -0.2) is 67.2 Å². The average Bonchev–Trinajstić information content (AvgIpc) is 3.60. The molecule has 5 aliphatic rings. The van der Waals surface area contributed by atoms with Crippen LogP contribution in [0.1, 0.15) is 86.0 Å². The number of aliphatic carboxylic acids is 1. The van der Waals surface area contributed by atoms with E-state index in [1.54, 1.807) is 33.8 Å². The normalized spacial score (nSPS) is 41.0. The number of allylic oxidation sites excluding steroid dienone is 4. The molecule has 5 rings (SSSR count). The van der Waals surface area contributed by atoms with Gasteiger partial charge in [-0.1, -0.05) is 18.6 Å². The van der Waals surface area contributed by atoms with Gasteiger partial charge in [0, 0.05) is 10.8 Å². The summed E-state index contributed by atoms with van der Waals surface area (Å²) in [5.74, 6) is -3.72. The van der Waals surface area contributed by atoms with Crippen LogP contribution in [0.3, 0.4) is 0 Å². The molecule has 0 bridgehead atoms. The second kappa shape index (κ2) is 10.6. The number of carboxylic acids is 1. The molecule has 0 aromatic carbocycles. The highest BCUT2D eigenvalue weighted by Crippen LogP contribution is 2.72. The fourth-order valence-corrected chi connectivity index (χ4v) is 11.6. The second-order valence-electron chi connectivity index (χ2n) is 14.8. The predicted octanol–water partition coefficient (Wildman–Crippen LogP) is 4.96. The topological polar surface area (TPSA) is 144 Å². The molecular weight excluding hydrogens is 674 g/mol. The largest absolute Gasteiger partial charge is 0.481 e. The van der Waals surface area contributed by atoms with Crippen LogP contribution in [0.5, 0.6) is 0 Å². The Hall–Kier alpha value is -1.86. The van der Waals surface area contributed by atoms with Crippen LogP contribution in [0.2, 0.25) is 0 Å². The lowest BCUT2D eigenvalue weighted by atomic mass is 9.45. The average molecular weight is 717 g/mol. The Balaban J connectivity index is 1.49. The summed E-state index contributed by atoms with van der Waals surface area (Å²) < 4.78 is 41.9. The number of rotatable bonds is 9. The van der Waals surface area contributed by atoms with E-state index < -0.39 is 101 Å². The van der Waals surface area contributed by atoms with E-state index in [-0.39, 0.29) is 31.5 Å². The summed E-state index contributed by atoms with van der Waals surface area (Å²) in [6.45, 7) is 8.14. The summed E-state index contributed by atoms with van der Waals surface area (Å²) in [5, 5.41) is 21.0. The lowest BCUT2D eigenvalue weighted by Crippen LogP contribution is -2.70. The van der Waals surface area contributed by atoms with Crippen molar-refractivity contribution < 1.29 is 46.3 Å². The molecular formula is C32H42FIO9. The van der Waals surface area contributed by atoms with E-state index in [4.69, 9.17) is 9.47 Å². The lowest BCUT2D eigenvalue weighted by Gasteiger charge is -2.63. The predicted molar refractivity (Wildman–Crippen MR) is 160 cm³/mol. The maximum atomic E-state index is 17.9. The fraction of sp³-hybridized carbons (Fsp3) is 0.750. The van der Waals surface area contributed by atoms with Gasteiger partial charge in [-0.2, -0.15) is 0 Å². The van der Waals surface area contributed by atoms with Gasteiger partial charge < -0.3 is 19.7 Å². The summed E-state index contributed by atoms with van der Waals surface area (Å²) in [7, 11) is 0. The van der Waals surface area contributed by atoms with Crippen LogP contribution in [0, 0.1) is 28.1 Å². The summed E-state index contributed by atoms with van der Waals surface area (Å²) in [4.78, 5) is 50.4. The quantitative estimate of drug-likeness (QED) is 0.192. The first-order valence-electron chi connectivity index (χ1n) is 15.1. The minimum absolute atomic E-state index is 0.0145. The molecule has 0 radical (unpaired) electrons. The summed E-state index contributed by atoms with van der Waals surface area (Å²) in [6.07, 6.45) is 4.95. The van der Waals surface area contributed by atoms with Crippen LogP contribution < -0.4 is 0 Å². The Morgan fingerprint density at radius 2 is 1.81 bits per heavy atom. The molecule has 4 fully saturated rings. The fourth-order valence-electron chi connectivity index (χ4n) is 8.99. The number of fused-ring (bicyclic) bond motifs is 5. The molecule has 0 spiro atoms. The molecule has 8 atom stereocenters. The standard InChI is InChI=1S/C32H42FIO9/c1-27(2,3)43-32(24(37)17-42-26(40)16-30(10-11-30)15-25(38)39)23(36)13-21-20-7-6-18-12-19(35)8-9-28(18,4)31(20,33)22(34-41)14-29(21,32)5/h8-9,12,20-23,36H,6-7,10-11,13-17H2,1-5H3,(H,38,39)/t20-,21-,22-,23+,28-,29-,31-,32-/m0/s1. The maximum Gasteiger partial charge on any atom is 0.306 e. The number of hydrogen-bond acceptors (Lipinski definition) is 8. The zero-order valence-corrected chi connectivity index (χ0v) is 27.6. The number of Topliss-reactive ketones (excluding diaryl/α,β-unsaturated/α-hetero) is 1. The molecule has 0 heterocycles. The summed E-state index contributed by atoms with van der Waals surface area (Å²) in [6, 6.07) is 0. The number of esters is 1. The third-order valence-corrected chi connectivity index (χ3v) is 13.1. The van der Waals surface area contributed by atoms with Crippen molar-refractivity contribution in [3.63, 3.8) is 0 Å². The monoisotopic (exact) mass is 716 g/mol. The number of ketones is 2. The van der Waals surface area contributed by atoms with Gasteiger partial charge in [-0.25, -0.2) is 4.39 Å². The van der Waals surface area contributed by atoms with Gasteiger partial charge in [0.2, 0.25) is 5.78 Å². The molecule has 0 saturated heterocycles. The smallest absolute Gasteiger partial charge is 0.306 e. The van der Waals surface area contributed by atoms with Gasteiger partial charge in [-0.3, -0.25) is 22.2 Å². The van der Waals surface area contributed by atoms with Crippen molar-refractivity contribution in [1.29, 1.82) is 0 Å². The number of aliphatic hydroxyl groups is 1. The zero-order chi connectivity index (χ0) is 31.8. The molecule has 43 heavy (non-hydrogen) atoms. The van der Waals surface area contributed by atoms with Crippen molar-refractivity contribution in [2.24, 2.45) is 28.1 Å². The highest BCUT2D eigenvalue weighted by atomic mass is 127. The van der Waals surface area contributed by atoms with Crippen molar-refractivity contribution in [2.75, 3.05) is 6.61 Å². The Morgan fingerprint density at radius 3 is 2.40 bits per heavy atom. The molecule has 0 unspecified atom stereocenters. The van der Waals surface area contributed by atoms with E-state index in [1.807, 2.05) is 6.92 Å². The van der Waals surface area contributed by atoms with E-state index in [9.17, 15) is 32.5 Å². The molecule has 5 aliphatic carbocycles. The molecule has 0 aliphatic heterocycles. The van der Waals surface area contributed by atoms with E-state index in [0.29, 0.717) is 31.3 Å². The van der Waals surface area contributed by atoms with Crippen LogP contribution in [0.25, 0.3) is 0 Å². The molecule has 0 aromatic heterocycles. The number of carboxylic acid groups (broad SMARTS) is 1. The number of halogens is 2. The van der Waals surface area contributed by atoms with Gasteiger partial charge in [0.15, 0.2) is 39.2 Å². The van der Waals surface area contributed by atoms with E-state index in [1.165, 1.54) is 12.2 Å². The Morgan fingerprint density at radius 1 is 1.14 bits per heavy atom. The van der Waals surface area contributed by atoms with Crippen LogP contribution in [0.15, 0.2) is 23.8 Å². The molecule has 9 nitrogen and oxygen atoms in total. The minimum Gasteiger partial charge on any atom is -0.481 e. The summed E-state index contributed by atoms with van der Waals surface area (Å²) >= 11 is -1.94. The van der Waals surface area contributed by atoms with E-state index >= 15 is 4.39 Å². The molecule has 11 heteroatoms. The highest BCUT2D eigenvalue weighted by molar-refractivity contribution is 14.1. The van der Waals surface area contributed by atoms with E-state index in [2.05, 4.69) is 0 Å². The van der Waals surface area contributed by atoms with Gasteiger partial charge in [-0.05, 0) is 95.6 Å². The summed E-state index contributed by atoms with van der Waals surface area (Å²) in [5.41, 5.74) is -6.99. The van der Waals surface area contributed by atoms with Crippen molar-refractivity contribution in [1.82, 2.24) is 0 Å². The first-order valence-corrected chi connectivity index (χ1v) is 17.2. The third-order valence-electron chi connectivity index (χ3n) is 11.1. The van der Waals surface area contributed by atoms with Crippen molar-refractivity contribution in [2.45, 2.75) is 113 Å². The SMILES string of the molecule is CC(C)(C)O[C@]1(C(=O)COC(=O)CC2(CC(=O)O)CC2)[C@H](O)C[C@H]2[C@@H]3CCC4=CC(=O)C=C[C@]4(C)[C@@]3(F)[C@@H](I=O)C[C@@]21C. The zero-order valence-electron chi connectivity index (χ0n) is 25.4. The Bertz CT molecular complexity index is 1310. The molecule has 2 N–H and O–H groups in total. The highest BCUT2D eigenvalue weighted by Gasteiger charge is 2.77. The first-order chi connectivity index (χ1) is 19.9. The van der Waals surface area contributed by atoms with Crippen molar-refractivity contribution in [3.05, 3.63) is 23.8 Å². The minimum atomic E-state index is -1.96. The second-order valence-corrected chi connectivity index (χ2v) is 16.9. The molecule has 0 aromatic rings. The maximum absolute atomic E-state index is 17.9. The van der Waals surface area contributed by atoms with Gasteiger partial charge in [-0.15, -0.1) is 0 Å². The van der Waals surface area contributed by atoms with Gasteiger partial charge >= 0.3 is 11.9 Å². The molecule has 4 saturated carbocycles. The third kappa shape index (κ3) is 4.99. The van der Waals surface area contributed by atoms with E-state index in [0.717, 1.165) is 0 Å². The van der Waals surface area contributed by atoms with Gasteiger partial charge in [0.25, 0.3) is 0 Å². The van der Waals surface area contributed by atoms with Crippen LogP contribution in [0.4, 0.5) is 4.39 Å². The first kappa shape index (κ1) is 32.5. The number of carbonyl (C=O) groups excluding carboxylic acids is 3. The van der Waals surface area contributed by atoms with Gasteiger partial charge in [0.1, 0.15) is 5.67 Å². The number of carbonyl (C=O) groups is 4. The van der Waals surface area contributed by atoms with Crippen LogP contribution >= 0.6 is 21.2 Å². The molecule has 238 valence electrons. The van der Waals surface area contributed by atoms with Crippen molar-refractivity contribution >= 4 is 44.7 Å². The lowest BCUT2D eigenvalue weighted by molar-refractivity contribution is -0.232. The number of alkyl halides is 2. The van der Waals surface area contributed by atoms with Crippen LogP contribution in [-0.2, 0) is 31.7 Å². The Labute approximate surface area is 261 Å². The number of hydrogen-bond donors (Lipinski definition) is 2. The van der Waals surface area contributed by atoms with Gasteiger partial charge in [0.05, 0.1) is 28.5 Å².